The highest BCUT2D eigenvalue weighted by Crippen LogP contribution is 2.09. The van der Waals surface area contributed by atoms with E-state index in [-0.39, 0.29) is 5.91 Å². The molecule has 1 aromatic carbocycles. The molecule has 0 aliphatic carbocycles. The fraction of sp³-hybridized carbons (Fsp3) is 0.417. The summed E-state index contributed by atoms with van der Waals surface area (Å²) in [5.74, 6) is 0.0944. The van der Waals surface area contributed by atoms with Gasteiger partial charge < -0.3 is 16.0 Å². The number of carbonyl (C=O) groups is 1. The number of nitrogens with zero attached hydrogens (tertiary/aromatic N) is 1. The predicted molar refractivity (Wildman–Crippen MR) is 65.9 cm³/mol. The molecular weight excluding hydrogens is 202 g/mol. The Hall–Kier alpha value is -1.55. The third kappa shape index (κ3) is 3.55. The smallest absolute Gasteiger partial charge is 0.236 e. The first-order chi connectivity index (χ1) is 7.65. The van der Waals surface area contributed by atoms with Crippen molar-refractivity contribution < 1.29 is 4.79 Å². The van der Waals surface area contributed by atoms with Crippen molar-refractivity contribution in [2.45, 2.75) is 13.5 Å². The van der Waals surface area contributed by atoms with E-state index in [1.165, 1.54) is 0 Å². The molecule has 1 aromatic rings. The number of nitrogens with one attached hydrogen (secondary N) is 1. The van der Waals surface area contributed by atoms with E-state index in [2.05, 4.69) is 5.32 Å². The standard InChI is InChI=1S/C12H19N3O/c1-3-15(2)12(16)9-14-8-10-6-4-5-7-11(10)13/h4-7,14H,3,8-9,13H2,1-2H3. The molecule has 1 amide bonds. The molecule has 0 aromatic heterocycles. The first-order valence-corrected chi connectivity index (χ1v) is 5.43. The van der Waals surface area contributed by atoms with Crippen LogP contribution < -0.4 is 11.1 Å². The highest BCUT2D eigenvalue weighted by atomic mass is 16.2. The zero-order valence-electron chi connectivity index (χ0n) is 9.86. The fourth-order valence-electron chi connectivity index (χ4n) is 1.31. The lowest BCUT2D eigenvalue weighted by Crippen LogP contribution is -2.35. The average molecular weight is 221 g/mol. The molecule has 0 saturated carbocycles. The molecule has 3 N–H and O–H groups in total. The molecule has 0 heterocycles. The van der Waals surface area contributed by atoms with Crippen LogP contribution in [0.2, 0.25) is 0 Å². The zero-order valence-corrected chi connectivity index (χ0v) is 9.86. The van der Waals surface area contributed by atoms with Crippen molar-refractivity contribution in [1.29, 1.82) is 0 Å². The summed E-state index contributed by atoms with van der Waals surface area (Å²) in [5.41, 5.74) is 7.57. The number of amides is 1. The summed E-state index contributed by atoms with van der Waals surface area (Å²) in [4.78, 5) is 13.2. The summed E-state index contributed by atoms with van der Waals surface area (Å²) in [6.45, 7) is 3.65. The summed E-state index contributed by atoms with van der Waals surface area (Å²) in [5, 5.41) is 3.09. The van der Waals surface area contributed by atoms with E-state index in [9.17, 15) is 4.79 Å². The van der Waals surface area contributed by atoms with Gasteiger partial charge in [0.2, 0.25) is 5.91 Å². The minimum absolute atomic E-state index is 0.0944. The lowest BCUT2D eigenvalue weighted by Gasteiger charge is -2.15. The van der Waals surface area contributed by atoms with E-state index in [4.69, 9.17) is 5.73 Å². The van der Waals surface area contributed by atoms with Crippen LogP contribution in [0.4, 0.5) is 5.69 Å². The second kappa shape index (κ2) is 6.12. The van der Waals surface area contributed by atoms with Crippen LogP contribution in [-0.4, -0.2) is 30.9 Å². The monoisotopic (exact) mass is 221 g/mol. The van der Waals surface area contributed by atoms with E-state index in [0.717, 1.165) is 17.8 Å². The van der Waals surface area contributed by atoms with Gasteiger partial charge in [0.15, 0.2) is 0 Å². The highest BCUT2D eigenvalue weighted by Gasteiger charge is 2.05. The first-order valence-electron chi connectivity index (χ1n) is 5.43. The van der Waals surface area contributed by atoms with E-state index < -0.39 is 0 Å². The summed E-state index contributed by atoms with van der Waals surface area (Å²) < 4.78 is 0. The number of benzene rings is 1. The number of hydrogen-bond donors (Lipinski definition) is 2. The maximum absolute atomic E-state index is 11.5. The van der Waals surface area contributed by atoms with Crippen molar-refractivity contribution in [3.8, 4) is 0 Å². The highest BCUT2D eigenvalue weighted by molar-refractivity contribution is 5.77. The topological polar surface area (TPSA) is 58.4 Å². The van der Waals surface area contributed by atoms with Crippen molar-refractivity contribution >= 4 is 11.6 Å². The summed E-state index contributed by atoms with van der Waals surface area (Å²) in [6, 6.07) is 7.65. The van der Waals surface area contributed by atoms with E-state index in [0.29, 0.717) is 13.1 Å². The van der Waals surface area contributed by atoms with Gasteiger partial charge in [-0.25, -0.2) is 0 Å². The van der Waals surface area contributed by atoms with Crippen LogP contribution in [0.5, 0.6) is 0 Å². The van der Waals surface area contributed by atoms with Crippen LogP contribution in [0.1, 0.15) is 12.5 Å². The quantitative estimate of drug-likeness (QED) is 0.724. The Balaban J connectivity index is 2.36. The molecule has 88 valence electrons. The van der Waals surface area contributed by atoms with Crippen LogP contribution in [0, 0.1) is 0 Å². The minimum Gasteiger partial charge on any atom is -0.398 e. The second-order valence-corrected chi connectivity index (χ2v) is 3.71. The normalized spacial score (nSPS) is 10.1. The number of rotatable bonds is 5. The van der Waals surface area contributed by atoms with Gasteiger partial charge in [-0.1, -0.05) is 18.2 Å². The maximum Gasteiger partial charge on any atom is 0.236 e. The summed E-state index contributed by atoms with van der Waals surface area (Å²) in [6.07, 6.45) is 0. The van der Waals surface area contributed by atoms with Gasteiger partial charge >= 0.3 is 0 Å². The Bertz CT molecular complexity index is 352. The van der Waals surface area contributed by atoms with Crippen molar-refractivity contribution in [3.63, 3.8) is 0 Å². The fourth-order valence-corrected chi connectivity index (χ4v) is 1.31. The molecule has 0 radical (unpaired) electrons. The Labute approximate surface area is 96.4 Å². The Morgan fingerprint density at radius 1 is 1.44 bits per heavy atom. The van der Waals surface area contributed by atoms with Gasteiger partial charge in [0.25, 0.3) is 0 Å². The van der Waals surface area contributed by atoms with Crippen molar-refractivity contribution in [3.05, 3.63) is 29.8 Å². The van der Waals surface area contributed by atoms with Gasteiger partial charge in [0.05, 0.1) is 6.54 Å². The SMILES string of the molecule is CCN(C)C(=O)CNCc1ccccc1N. The summed E-state index contributed by atoms with van der Waals surface area (Å²) >= 11 is 0. The molecule has 16 heavy (non-hydrogen) atoms. The molecule has 0 spiro atoms. The van der Waals surface area contributed by atoms with Crippen LogP contribution >= 0.6 is 0 Å². The molecule has 4 nitrogen and oxygen atoms in total. The van der Waals surface area contributed by atoms with Crippen molar-refractivity contribution in [2.24, 2.45) is 0 Å². The second-order valence-electron chi connectivity index (χ2n) is 3.71. The van der Waals surface area contributed by atoms with E-state index in [1.807, 2.05) is 31.2 Å². The van der Waals surface area contributed by atoms with Gasteiger partial charge in [-0.3, -0.25) is 4.79 Å². The van der Waals surface area contributed by atoms with E-state index in [1.54, 1.807) is 11.9 Å². The molecular formula is C12H19N3O. The molecule has 0 aliphatic rings. The molecule has 0 fully saturated rings. The molecule has 0 saturated heterocycles. The van der Waals surface area contributed by atoms with Crippen LogP contribution in [-0.2, 0) is 11.3 Å². The average Bonchev–Trinajstić information content (AvgIpc) is 2.30. The Kier molecular flexibility index (Phi) is 4.79. The predicted octanol–water partition coefficient (Wildman–Crippen LogP) is 0.837. The number of carbonyl (C=O) groups excluding carboxylic acids is 1. The third-order valence-corrected chi connectivity index (χ3v) is 2.55. The Morgan fingerprint density at radius 3 is 2.75 bits per heavy atom. The lowest BCUT2D eigenvalue weighted by molar-refractivity contribution is -0.128. The van der Waals surface area contributed by atoms with Crippen LogP contribution in [0.3, 0.4) is 0 Å². The molecule has 0 bridgehead atoms. The van der Waals surface area contributed by atoms with Gasteiger partial charge in [-0.05, 0) is 18.6 Å². The first kappa shape index (κ1) is 12.5. The Morgan fingerprint density at radius 2 is 2.12 bits per heavy atom. The molecule has 0 aliphatic heterocycles. The van der Waals surface area contributed by atoms with Gasteiger partial charge in [0, 0.05) is 25.8 Å². The number of likely N-dealkylation sites (N-methyl/N-ethyl adjacent to an activating group) is 1. The van der Waals surface area contributed by atoms with Crippen molar-refractivity contribution in [1.82, 2.24) is 10.2 Å². The minimum atomic E-state index is 0.0944. The largest absolute Gasteiger partial charge is 0.398 e. The number of hydrogen-bond acceptors (Lipinski definition) is 3. The third-order valence-electron chi connectivity index (χ3n) is 2.55. The van der Waals surface area contributed by atoms with Gasteiger partial charge in [0.1, 0.15) is 0 Å². The number of para-hydroxylation sites is 1. The van der Waals surface area contributed by atoms with Crippen molar-refractivity contribution in [2.75, 3.05) is 25.9 Å². The van der Waals surface area contributed by atoms with E-state index >= 15 is 0 Å². The lowest BCUT2D eigenvalue weighted by atomic mass is 10.2. The molecule has 0 atom stereocenters. The zero-order chi connectivity index (χ0) is 12.0. The summed E-state index contributed by atoms with van der Waals surface area (Å²) in [7, 11) is 1.79. The maximum atomic E-state index is 11.5. The molecule has 4 heteroatoms. The van der Waals surface area contributed by atoms with Gasteiger partial charge in [-0.15, -0.1) is 0 Å². The van der Waals surface area contributed by atoms with Crippen LogP contribution in [0.25, 0.3) is 0 Å². The van der Waals surface area contributed by atoms with Gasteiger partial charge in [-0.2, -0.15) is 0 Å². The van der Waals surface area contributed by atoms with Crippen LogP contribution in [0.15, 0.2) is 24.3 Å². The number of anilines is 1. The number of nitrogens with two attached hydrogens (primary N) is 1. The number of nitrogen functional groups attached to an aromatic ring is 1. The molecule has 1 rings (SSSR count). The molecule has 0 unspecified atom stereocenters.